The molecule has 0 radical (unpaired) electrons. The Morgan fingerprint density at radius 2 is 2.25 bits per heavy atom. The smallest absolute Gasteiger partial charge is 0.238 e. The maximum atomic E-state index is 12.2. The molecule has 1 saturated heterocycles. The van der Waals surface area contributed by atoms with Gasteiger partial charge in [0.15, 0.2) is 0 Å². The molecular weight excluding hydrogens is 250 g/mol. The Labute approximate surface area is 121 Å². The van der Waals surface area contributed by atoms with Crippen LogP contribution in [0.25, 0.3) is 0 Å². The molecule has 1 fully saturated rings. The van der Waals surface area contributed by atoms with Crippen LogP contribution in [0.5, 0.6) is 0 Å². The lowest BCUT2D eigenvalue weighted by atomic mass is 10.0. The molecule has 1 aliphatic rings. The molecule has 0 aliphatic carbocycles. The molecule has 1 heterocycles. The van der Waals surface area contributed by atoms with Crippen LogP contribution in [0.3, 0.4) is 0 Å². The monoisotopic (exact) mass is 275 g/mol. The van der Waals surface area contributed by atoms with Crippen molar-refractivity contribution in [1.82, 2.24) is 4.90 Å². The van der Waals surface area contributed by atoms with Crippen molar-refractivity contribution in [3.63, 3.8) is 0 Å². The average molecular weight is 275 g/mol. The van der Waals surface area contributed by atoms with Gasteiger partial charge >= 0.3 is 0 Å². The first-order valence-corrected chi connectivity index (χ1v) is 7.38. The van der Waals surface area contributed by atoms with Crippen LogP contribution < -0.4 is 11.1 Å². The number of nitrogens with zero attached hydrogens (tertiary/aromatic N) is 1. The first-order chi connectivity index (χ1) is 9.49. The van der Waals surface area contributed by atoms with Gasteiger partial charge in [-0.1, -0.05) is 26.0 Å². The first-order valence-electron chi connectivity index (χ1n) is 7.38. The fraction of sp³-hybridized carbons (Fsp3) is 0.562. The van der Waals surface area contributed by atoms with E-state index in [1.165, 1.54) is 12.8 Å². The minimum Gasteiger partial charge on any atom is -0.397 e. The number of hydrogen-bond acceptors (Lipinski definition) is 3. The molecule has 0 saturated carbocycles. The number of para-hydroxylation sites is 1. The largest absolute Gasteiger partial charge is 0.397 e. The second-order valence-corrected chi connectivity index (χ2v) is 6.01. The highest BCUT2D eigenvalue weighted by molar-refractivity contribution is 5.96. The number of benzene rings is 1. The third kappa shape index (κ3) is 3.31. The number of hydrogen-bond donors (Lipinski definition) is 2. The summed E-state index contributed by atoms with van der Waals surface area (Å²) in [5, 5.41) is 2.96. The van der Waals surface area contributed by atoms with Gasteiger partial charge in [0.25, 0.3) is 0 Å². The molecule has 1 aromatic carbocycles. The van der Waals surface area contributed by atoms with Gasteiger partial charge in [-0.15, -0.1) is 0 Å². The Kier molecular flexibility index (Phi) is 4.65. The molecule has 1 unspecified atom stereocenters. The van der Waals surface area contributed by atoms with Gasteiger partial charge in [0.2, 0.25) is 5.91 Å². The summed E-state index contributed by atoms with van der Waals surface area (Å²) in [6.07, 6.45) is 2.38. The second kappa shape index (κ2) is 6.27. The minimum atomic E-state index is 0.0264. The van der Waals surface area contributed by atoms with Crippen molar-refractivity contribution in [3.8, 4) is 0 Å². The van der Waals surface area contributed by atoms with Crippen molar-refractivity contribution >= 4 is 17.3 Å². The Bertz CT molecular complexity index is 464. The summed E-state index contributed by atoms with van der Waals surface area (Å²) in [4.78, 5) is 14.5. The number of nitrogen functional groups attached to an aromatic ring is 1. The summed E-state index contributed by atoms with van der Waals surface area (Å²) in [7, 11) is 0. The zero-order chi connectivity index (χ0) is 14.7. The van der Waals surface area contributed by atoms with Gasteiger partial charge in [-0.3, -0.25) is 9.69 Å². The first kappa shape index (κ1) is 14.9. The second-order valence-electron chi connectivity index (χ2n) is 6.01. The van der Waals surface area contributed by atoms with Crippen LogP contribution in [0, 0.1) is 12.8 Å². The molecule has 1 aliphatic heterocycles. The normalized spacial score (nSPS) is 19.5. The van der Waals surface area contributed by atoms with Crippen molar-refractivity contribution in [3.05, 3.63) is 23.8 Å². The van der Waals surface area contributed by atoms with E-state index in [4.69, 9.17) is 5.73 Å². The molecule has 2 rings (SSSR count). The van der Waals surface area contributed by atoms with Gasteiger partial charge in [0, 0.05) is 6.04 Å². The van der Waals surface area contributed by atoms with Crippen LogP contribution in [0.15, 0.2) is 18.2 Å². The summed E-state index contributed by atoms with van der Waals surface area (Å²) in [6.45, 7) is 7.87. The molecule has 1 atom stereocenters. The SMILES string of the molecule is Cc1cccc(N)c1NC(=O)CN1CCCC1C(C)C. The Morgan fingerprint density at radius 3 is 2.90 bits per heavy atom. The van der Waals surface area contributed by atoms with E-state index in [1.807, 2.05) is 25.1 Å². The molecule has 0 aromatic heterocycles. The predicted octanol–water partition coefficient (Wildman–Crippen LogP) is 2.64. The van der Waals surface area contributed by atoms with Crippen LogP contribution in [0.1, 0.15) is 32.3 Å². The molecule has 20 heavy (non-hydrogen) atoms. The number of carbonyl (C=O) groups excluding carboxylic acids is 1. The lowest BCUT2D eigenvalue weighted by Crippen LogP contribution is -2.39. The summed E-state index contributed by atoms with van der Waals surface area (Å²) in [6, 6.07) is 6.19. The Hall–Kier alpha value is -1.55. The third-order valence-corrected chi connectivity index (χ3v) is 4.10. The van der Waals surface area contributed by atoms with Gasteiger partial charge in [-0.05, 0) is 43.9 Å². The summed E-state index contributed by atoms with van der Waals surface area (Å²) in [5.74, 6) is 0.618. The standard InChI is InChI=1S/C16H25N3O/c1-11(2)14-8-5-9-19(14)10-15(20)18-16-12(3)6-4-7-13(16)17/h4,6-7,11,14H,5,8-10,17H2,1-3H3,(H,18,20). The maximum absolute atomic E-state index is 12.2. The summed E-state index contributed by atoms with van der Waals surface area (Å²) >= 11 is 0. The van der Waals surface area contributed by atoms with E-state index < -0.39 is 0 Å². The Morgan fingerprint density at radius 1 is 1.50 bits per heavy atom. The Balaban J connectivity index is 1.99. The molecular formula is C16H25N3O. The van der Waals surface area contributed by atoms with Gasteiger partial charge in [0.05, 0.1) is 17.9 Å². The average Bonchev–Trinajstić information content (AvgIpc) is 2.82. The summed E-state index contributed by atoms with van der Waals surface area (Å²) < 4.78 is 0. The number of rotatable bonds is 4. The van der Waals surface area contributed by atoms with Crippen LogP contribution >= 0.6 is 0 Å². The molecule has 4 nitrogen and oxygen atoms in total. The van der Waals surface area contributed by atoms with Gasteiger partial charge in [-0.25, -0.2) is 0 Å². The molecule has 4 heteroatoms. The van der Waals surface area contributed by atoms with E-state index >= 15 is 0 Å². The van der Waals surface area contributed by atoms with Crippen molar-refractivity contribution in [2.24, 2.45) is 5.92 Å². The van der Waals surface area contributed by atoms with Crippen molar-refractivity contribution in [1.29, 1.82) is 0 Å². The molecule has 1 amide bonds. The summed E-state index contributed by atoms with van der Waals surface area (Å²) in [5.41, 5.74) is 8.30. The lowest BCUT2D eigenvalue weighted by molar-refractivity contribution is -0.117. The zero-order valence-corrected chi connectivity index (χ0v) is 12.6. The van der Waals surface area contributed by atoms with Crippen LogP contribution in [-0.4, -0.2) is 29.9 Å². The molecule has 0 bridgehead atoms. The number of aryl methyl sites for hydroxylation is 1. The molecule has 3 N–H and O–H groups in total. The van der Waals surface area contributed by atoms with Gasteiger partial charge in [-0.2, -0.15) is 0 Å². The highest BCUT2D eigenvalue weighted by atomic mass is 16.2. The van der Waals surface area contributed by atoms with Gasteiger partial charge in [0.1, 0.15) is 0 Å². The van der Waals surface area contributed by atoms with Gasteiger partial charge < -0.3 is 11.1 Å². The van der Waals surface area contributed by atoms with E-state index in [2.05, 4.69) is 24.1 Å². The lowest BCUT2D eigenvalue weighted by Gasteiger charge is -2.27. The predicted molar refractivity (Wildman–Crippen MR) is 83.7 cm³/mol. The van der Waals surface area contributed by atoms with Crippen LogP contribution in [0.4, 0.5) is 11.4 Å². The van der Waals surface area contributed by atoms with Crippen LogP contribution in [0.2, 0.25) is 0 Å². The number of likely N-dealkylation sites (tertiary alicyclic amines) is 1. The molecule has 1 aromatic rings. The fourth-order valence-electron chi connectivity index (χ4n) is 3.03. The zero-order valence-electron chi connectivity index (χ0n) is 12.6. The highest BCUT2D eigenvalue weighted by Gasteiger charge is 2.28. The fourth-order valence-corrected chi connectivity index (χ4v) is 3.03. The van der Waals surface area contributed by atoms with E-state index in [1.54, 1.807) is 0 Å². The number of carbonyl (C=O) groups is 1. The van der Waals surface area contributed by atoms with E-state index in [0.29, 0.717) is 24.2 Å². The number of nitrogens with two attached hydrogens (primary N) is 1. The van der Waals surface area contributed by atoms with Crippen molar-refractivity contribution in [2.75, 3.05) is 24.1 Å². The van der Waals surface area contributed by atoms with E-state index in [0.717, 1.165) is 17.8 Å². The quantitative estimate of drug-likeness (QED) is 0.831. The number of nitrogens with one attached hydrogen (secondary N) is 1. The minimum absolute atomic E-state index is 0.0264. The number of amides is 1. The third-order valence-electron chi connectivity index (χ3n) is 4.10. The molecule has 110 valence electrons. The highest BCUT2D eigenvalue weighted by Crippen LogP contribution is 2.25. The molecule has 0 spiro atoms. The van der Waals surface area contributed by atoms with Crippen molar-refractivity contribution < 1.29 is 4.79 Å². The van der Waals surface area contributed by atoms with Crippen molar-refractivity contribution in [2.45, 2.75) is 39.7 Å². The van der Waals surface area contributed by atoms with E-state index in [9.17, 15) is 4.79 Å². The van der Waals surface area contributed by atoms with Crippen LogP contribution in [-0.2, 0) is 4.79 Å². The number of anilines is 2. The topological polar surface area (TPSA) is 58.4 Å². The van der Waals surface area contributed by atoms with E-state index in [-0.39, 0.29) is 5.91 Å². The maximum Gasteiger partial charge on any atom is 0.238 e.